The van der Waals surface area contributed by atoms with Crippen LogP contribution >= 0.6 is 0 Å². The zero-order valence-corrected chi connectivity index (χ0v) is 17.4. The molecule has 2 nitrogen and oxygen atoms in total. The van der Waals surface area contributed by atoms with E-state index in [1.165, 1.54) is 24.3 Å². The number of hydrogen-bond donors (Lipinski definition) is 0. The van der Waals surface area contributed by atoms with E-state index >= 15 is 0 Å². The number of halogens is 4. The Labute approximate surface area is 188 Å². The molecule has 0 spiro atoms. The van der Waals surface area contributed by atoms with Gasteiger partial charge in [-0.3, -0.25) is 4.79 Å². The Bertz CT molecular complexity index is 1340. The van der Waals surface area contributed by atoms with E-state index in [0.717, 1.165) is 22.4 Å². The molecule has 1 aliphatic heterocycles. The Morgan fingerprint density at radius 1 is 0.848 bits per heavy atom. The van der Waals surface area contributed by atoms with Gasteiger partial charge in [0.1, 0.15) is 5.82 Å². The fraction of sp³-hybridized carbons (Fsp3) is 0.148. The first-order chi connectivity index (χ1) is 15.8. The molecule has 4 aromatic carbocycles. The minimum Gasteiger partial charge on any atom is -0.308 e. The molecular weight excluding hydrogens is 430 g/mol. The fourth-order valence-corrected chi connectivity index (χ4v) is 4.68. The summed E-state index contributed by atoms with van der Waals surface area (Å²) < 4.78 is 54.9. The van der Waals surface area contributed by atoms with Crippen molar-refractivity contribution in [3.8, 4) is 0 Å². The molecule has 0 bridgehead atoms. The first kappa shape index (κ1) is 21.2. The van der Waals surface area contributed by atoms with E-state index in [0.29, 0.717) is 11.3 Å². The van der Waals surface area contributed by atoms with Gasteiger partial charge in [-0.1, -0.05) is 60.7 Å². The number of benzene rings is 4. The minimum absolute atomic E-state index is 0.0880. The lowest BCUT2D eigenvalue weighted by atomic mass is 9.79. The van der Waals surface area contributed by atoms with E-state index < -0.39 is 17.7 Å². The molecule has 166 valence electrons. The lowest BCUT2D eigenvalue weighted by Crippen LogP contribution is -2.37. The summed E-state index contributed by atoms with van der Waals surface area (Å²) in [7, 11) is 0. The number of alkyl halides is 3. The van der Waals surface area contributed by atoms with Crippen molar-refractivity contribution in [3.05, 3.63) is 113 Å². The van der Waals surface area contributed by atoms with Crippen molar-refractivity contribution in [2.75, 3.05) is 4.90 Å². The van der Waals surface area contributed by atoms with E-state index in [2.05, 4.69) is 0 Å². The molecule has 0 aromatic heterocycles. The third-order valence-corrected chi connectivity index (χ3v) is 6.16. The molecule has 1 atom stereocenters. The number of anilines is 1. The molecule has 0 saturated heterocycles. The number of nitrogens with zero attached hydrogens (tertiary/aromatic N) is 1. The fourth-order valence-electron chi connectivity index (χ4n) is 4.68. The summed E-state index contributed by atoms with van der Waals surface area (Å²) >= 11 is 0. The van der Waals surface area contributed by atoms with Crippen molar-refractivity contribution in [3.63, 3.8) is 0 Å². The molecule has 0 N–H and O–H groups in total. The molecule has 4 aromatic rings. The van der Waals surface area contributed by atoms with Gasteiger partial charge in [0, 0.05) is 18.0 Å². The summed E-state index contributed by atoms with van der Waals surface area (Å²) in [5, 5.41) is 1.70. The Morgan fingerprint density at radius 3 is 2.30 bits per heavy atom. The van der Waals surface area contributed by atoms with Gasteiger partial charge in [-0.05, 0) is 51.7 Å². The van der Waals surface area contributed by atoms with Gasteiger partial charge < -0.3 is 4.90 Å². The molecule has 1 aliphatic rings. The van der Waals surface area contributed by atoms with E-state index in [9.17, 15) is 22.4 Å². The van der Waals surface area contributed by atoms with Gasteiger partial charge in [0.15, 0.2) is 0 Å². The lowest BCUT2D eigenvalue weighted by molar-refractivity contribution is -0.138. The highest BCUT2D eigenvalue weighted by molar-refractivity contribution is 6.03. The third-order valence-electron chi connectivity index (χ3n) is 6.16. The predicted octanol–water partition coefficient (Wildman–Crippen LogP) is 7.07. The Hall–Kier alpha value is -3.67. The largest absolute Gasteiger partial charge is 0.416 e. The monoisotopic (exact) mass is 449 g/mol. The van der Waals surface area contributed by atoms with Gasteiger partial charge >= 0.3 is 6.18 Å². The molecule has 6 heteroatoms. The second kappa shape index (κ2) is 8.03. The number of carbonyl (C=O) groups excluding carboxylic acids is 1. The Kier molecular flexibility index (Phi) is 5.16. The highest BCUT2D eigenvalue weighted by atomic mass is 19.4. The van der Waals surface area contributed by atoms with Crippen LogP contribution in [0.25, 0.3) is 10.8 Å². The Morgan fingerprint density at radius 2 is 1.55 bits per heavy atom. The Balaban J connectivity index is 1.71. The maximum Gasteiger partial charge on any atom is 0.416 e. The van der Waals surface area contributed by atoms with E-state index in [4.69, 9.17) is 0 Å². The number of fused-ring (bicyclic) bond motifs is 3. The normalized spacial score (nSPS) is 16.2. The van der Waals surface area contributed by atoms with Crippen LogP contribution in [0.4, 0.5) is 23.2 Å². The minimum atomic E-state index is -4.53. The SMILES string of the molecule is O=C1CC(c2ccccc2C(F)(F)F)c2c(ccc3ccccc23)N1Cc1ccc(F)cc1. The van der Waals surface area contributed by atoms with Crippen LogP contribution in [0.2, 0.25) is 0 Å². The van der Waals surface area contributed by atoms with Crippen LogP contribution in [0.3, 0.4) is 0 Å². The van der Waals surface area contributed by atoms with Crippen LogP contribution < -0.4 is 4.90 Å². The van der Waals surface area contributed by atoms with Crippen LogP contribution in [-0.4, -0.2) is 5.91 Å². The van der Waals surface area contributed by atoms with Crippen molar-refractivity contribution < 1.29 is 22.4 Å². The van der Waals surface area contributed by atoms with Crippen LogP contribution in [0.5, 0.6) is 0 Å². The first-order valence-electron chi connectivity index (χ1n) is 10.6. The molecule has 1 unspecified atom stereocenters. The number of amides is 1. The number of carbonyl (C=O) groups is 1. The molecule has 0 saturated carbocycles. The van der Waals surface area contributed by atoms with Gasteiger partial charge in [-0.15, -0.1) is 0 Å². The highest BCUT2D eigenvalue weighted by Crippen LogP contribution is 2.47. The molecular formula is C27H19F4NO. The highest BCUT2D eigenvalue weighted by Gasteiger charge is 2.39. The maximum absolute atomic E-state index is 13.9. The second-order valence-corrected chi connectivity index (χ2v) is 8.17. The number of hydrogen-bond acceptors (Lipinski definition) is 1. The average molecular weight is 449 g/mol. The molecule has 1 heterocycles. The molecule has 33 heavy (non-hydrogen) atoms. The quantitative estimate of drug-likeness (QED) is 0.307. The van der Waals surface area contributed by atoms with Crippen molar-refractivity contribution in [2.45, 2.75) is 25.1 Å². The van der Waals surface area contributed by atoms with Crippen LogP contribution in [0.1, 0.15) is 34.6 Å². The smallest absolute Gasteiger partial charge is 0.308 e. The van der Waals surface area contributed by atoms with Gasteiger partial charge in [0.25, 0.3) is 0 Å². The van der Waals surface area contributed by atoms with Gasteiger partial charge in [0.05, 0.1) is 12.1 Å². The van der Waals surface area contributed by atoms with Gasteiger partial charge in [0.2, 0.25) is 5.91 Å². The van der Waals surface area contributed by atoms with Gasteiger partial charge in [-0.25, -0.2) is 4.39 Å². The van der Waals surface area contributed by atoms with Crippen LogP contribution in [0, 0.1) is 5.82 Å². The summed E-state index contributed by atoms with van der Waals surface area (Å²) in [5.41, 5.74) is 1.38. The molecule has 0 aliphatic carbocycles. The standard InChI is InChI=1S/C27H19F4NO/c28-19-12-9-17(10-13-19)16-32-24-14-11-18-5-1-2-6-20(18)26(24)22(15-25(32)33)21-7-3-4-8-23(21)27(29,30)31/h1-14,22H,15-16H2. The van der Waals surface area contributed by atoms with Crippen molar-refractivity contribution >= 4 is 22.4 Å². The lowest BCUT2D eigenvalue weighted by Gasteiger charge is -2.36. The maximum atomic E-state index is 13.9. The first-order valence-corrected chi connectivity index (χ1v) is 10.6. The molecule has 0 fully saturated rings. The summed E-state index contributed by atoms with van der Waals surface area (Å²) in [4.78, 5) is 14.9. The van der Waals surface area contributed by atoms with E-state index in [1.54, 1.807) is 29.2 Å². The molecule has 0 radical (unpaired) electrons. The second-order valence-electron chi connectivity index (χ2n) is 8.17. The molecule has 1 amide bonds. The zero-order chi connectivity index (χ0) is 23.2. The number of rotatable bonds is 3. The van der Waals surface area contributed by atoms with Gasteiger partial charge in [-0.2, -0.15) is 13.2 Å². The predicted molar refractivity (Wildman–Crippen MR) is 119 cm³/mol. The average Bonchev–Trinajstić information content (AvgIpc) is 2.81. The third kappa shape index (κ3) is 3.86. The summed E-state index contributed by atoms with van der Waals surface area (Å²) in [5.74, 6) is -1.39. The van der Waals surface area contributed by atoms with Crippen LogP contribution in [-0.2, 0) is 17.5 Å². The van der Waals surface area contributed by atoms with Crippen molar-refractivity contribution in [1.29, 1.82) is 0 Å². The van der Waals surface area contributed by atoms with Crippen molar-refractivity contribution in [2.24, 2.45) is 0 Å². The van der Waals surface area contributed by atoms with E-state index in [-0.39, 0.29) is 30.3 Å². The van der Waals surface area contributed by atoms with Crippen molar-refractivity contribution in [1.82, 2.24) is 0 Å². The zero-order valence-electron chi connectivity index (χ0n) is 17.4. The van der Waals surface area contributed by atoms with Crippen LogP contribution in [0.15, 0.2) is 84.9 Å². The topological polar surface area (TPSA) is 20.3 Å². The van der Waals surface area contributed by atoms with E-state index in [1.807, 2.05) is 30.3 Å². The summed E-state index contributed by atoms with van der Waals surface area (Å²) in [6.45, 7) is 0.206. The summed E-state index contributed by atoms with van der Waals surface area (Å²) in [6.07, 6.45) is -4.62. The molecule has 5 rings (SSSR count). The summed E-state index contributed by atoms with van der Waals surface area (Å²) in [6, 6.07) is 22.5.